The van der Waals surface area contributed by atoms with Crippen molar-refractivity contribution >= 4 is 40.7 Å². The molecule has 45 heavy (non-hydrogen) atoms. The molecule has 9 atom stereocenters. The van der Waals surface area contributed by atoms with E-state index in [0.717, 1.165) is 0 Å². The predicted molar refractivity (Wildman–Crippen MR) is 156 cm³/mol. The van der Waals surface area contributed by atoms with Gasteiger partial charge in [0.1, 0.15) is 55.1 Å². The van der Waals surface area contributed by atoms with Crippen LogP contribution in [-0.4, -0.2) is 123 Å². The quantitative estimate of drug-likeness (QED) is 0.0618. The first kappa shape index (κ1) is 41.8. The van der Waals surface area contributed by atoms with Gasteiger partial charge in [-0.1, -0.05) is 40.0 Å². The number of carboxylic acids is 3. The minimum absolute atomic E-state index is 0.0166. The number of rotatable bonds is 24. The highest BCUT2D eigenvalue weighted by Crippen LogP contribution is 2.54. The van der Waals surface area contributed by atoms with Crippen LogP contribution < -0.4 is 0 Å². The normalized spacial score (nSPS) is 27.6. The maximum Gasteiger partial charge on any atom is 0.339 e. The smallest absolute Gasteiger partial charge is 0.339 e. The molecule has 3 unspecified atom stereocenters. The van der Waals surface area contributed by atoms with E-state index in [1.165, 1.54) is 0 Å². The summed E-state index contributed by atoms with van der Waals surface area (Å²) < 4.78 is 72.8. The number of ether oxygens (including phenoxy) is 3. The summed E-state index contributed by atoms with van der Waals surface area (Å²) in [6.07, 6.45) is -12.1. The Morgan fingerprint density at radius 1 is 0.489 bits per heavy atom. The summed E-state index contributed by atoms with van der Waals surface area (Å²) in [7, 11) is -15.5. The number of hydrogen-bond acceptors (Lipinski definition) is 12. The van der Waals surface area contributed by atoms with Crippen LogP contribution in [0.1, 0.15) is 59.3 Å². The first-order valence-electron chi connectivity index (χ1n) is 14.4. The largest absolute Gasteiger partial charge is 0.481 e. The van der Waals surface area contributed by atoms with Gasteiger partial charge in [0.15, 0.2) is 0 Å². The van der Waals surface area contributed by atoms with Gasteiger partial charge in [-0.15, -0.1) is 0 Å². The summed E-state index contributed by atoms with van der Waals surface area (Å²) in [5.41, 5.74) is 0. The van der Waals surface area contributed by atoms with Gasteiger partial charge in [0.2, 0.25) is 0 Å². The van der Waals surface area contributed by atoms with Crippen molar-refractivity contribution in [2.75, 3.05) is 38.3 Å². The third-order valence-electron chi connectivity index (χ3n) is 6.23. The lowest BCUT2D eigenvalue weighted by Gasteiger charge is -2.50. The van der Waals surface area contributed by atoms with Crippen molar-refractivity contribution in [3.63, 3.8) is 0 Å². The molecule has 1 aliphatic carbocycles. The molecule has 1 rings (SSSR count). The third kappa shape index (κ3) is 15.5. The molecule has 0 heterocycles. The molecule has 1 aliphatic rings. The number of hydrogen-bond donors (Lipinski definition) is 6. The molecule has 0 saturated heterocycles. The molecule has 21 heteroatoms. The molecule has 0 aliphatic heterocycles. The molecule has 1 saturated carbocycles. The van der Waals surface area contributed by atoms with E-state index >= 15 is 0 Å². The van der Waals surface area contributed by atoms with E-state index < -0.39 is 95.8 Å². The van der Waals surface area contributed by atoms with Gasteiger partial charge in [-0.2, -0.15) is 0 Å². The van der Waals surface area contributed by atoms with Gasteiger partial charge in [0.05, 0.1) is 0 Å². The fourth-order valence-electron chi connectivity index (χ4n) is 4.34. The second-order valence-corrected chi connectivity index (χ2v) is 15.8. The molecule has 0 aromatic heterocycles. The van der Waals surface area contributed by atoms with Crippen LogP contribution >= 0.6 is 22.8 Å². The van der Waals surface area contributed by atoms with E-state index in [2.05, 4.69) is 0 Å². The van der Waals surface area contributed by atoms with Crippen molar-refractivity contribution in [3.8, 4) is 0 Å². The van der Waals surface area contributed by atoms with Gasteiger partial charge in [-0.3, -0.25) is 41.6 Å². The lowest BCUT2D eigenvalue weighted by Crippen LogP contribution is -2.67. The Labute approximate surface area is 260 Å². The van der Waals surface area contributed by atoms with Crippen LogP contribution in [0.5, 0.6) is 0 Å². The minimum atomic E-state index is -5.23. The average Bonchev–Trinajstić information content (AvgIpc) is 2.86. The Hall–Kier alpha value is -1.26. The molecule has 18 nitrogen and oxygen atoms in total. The summed E-state index contributed by atoms with van der Waals surface area (Å²) in [5.74, 6) is -5.32. The van der Waals surface area contributed by atoms with Crippen molar-refractivity contribution in [2.24, 2.45) is 0 Å². The topological polar surface area (TPSA) is 279 Å². The Morgan fingerprint density at radius 2 is 0.711 bits per heavy atom. The summed E-state index contributed by atoms with van der Waals surface area (Å²) in [5, 5.41) is 27.6. The van der Waals surface area contributed by atoms with Gasteiger partial charge in [-0.05, 0) is 19.3 Å². The van der Waals surface area contributed by atoms with Gasteiger partial charge >= 0.3 is 40.7 Å². The lowest BCUT2D eigenvalue weighted by atomic mass is 9.84. The van der Waals surface area contributed by atoms with Gasteiger partial charge < -0.3 is 44.2 Å². The molecule has 0 spiro atoms. The maximum atomic E-state index is 13.0. The molecular weight excluding hydrogens is 669 g/mol. The van der Waals surface area contributed by atoms with Crippen molar-refractivity contribution < 1.29 is 85.9 Å². The zero-order valence-corrected chi connectivity index (χ0v) is 28.1. The van der Waals surface area contributed by atoms with E-state index in [1.54, 1.807) is 0 Å². The van der Waals surface area contributed by atoms with Crippen LogP contribution in [0.4, 0.5) is 0 Å². The Balaban J connectivity index is 4.01. The molecule has 0 aromatic rings. The Bertz CT molecular complexity index is 1040. The second kappa shape index (κ2) is 19.5. The predicted octanol–water partition coefficient (Wildman–Crippen LogP) is 2.52. The fraction of sp³-hybridized carbons (Fsp3) is 0.875. The molecule has 0 amide bonds. The molecule has 1 fully saturated rings. The molecule has 0 aromatic carbocycles. The van der Waals surface area contributed by atoms with Crippen LogP contribution in [0.25, 0.3) is 0 Å². The first-order valence-corrected chi connectivity index (χ1v) is 19.7. The lowest BCUT2D eigenvalue weighted by molar-refractivity contribution is -0.244. The number of unbranched alkanes of at least 4 members (excludes halogenated alkanes) is 3. The van der Waals surface area contributed by atoms with Crippen LogP contribution in [0.15, 0.2) is 0 Å². The zero-order chi connectivity index (χ0) is 34.4. The van der Waals surface area contributed by atoms with Crippen LogP contribution in [0.3, 0.4) is 0 Å². The van der Waals surface area contributed by atoms with E-state index in [0.29, 0.717) is 38.5 Å². The van der Waals surface area contributed by atoms with Crippen LogP contribution in [-0.2, 0) is 55.9 Å². The van der Waals surface area contributed by atoms with E-state index in [4.69, 9.17) is 27.8 Å². The highest BCUT2D eigenvalue weighted by molar-refractivity contribution is 7.54. The fourth-order valence-corrected chi connectivity index (χ4v) is 7.45. The summed E-state index contributed by atoms with van der Waals surface area (Å²) in [6.45, 7) is 5.41. The van der Waals surface area contributed by atoms with Gasteiger partial charge in [0, 0.05) is 19.8 Å². The maximum absolute atomic E-state index is 13.0. The standard InChI is InChI=1S/C24H45O18P3/c1-4-7-10-37-19-20(38-11-8-5-2)22(40-43(31,32)13-16(25)26)24(42-45(35,36)15-18(29)30)23(21(19)39-12-9-6-3)41-44(33,34)14-17(27)28/h19-24H,4-15H2,1-3H3,(H,25,26)(H,27,28)(H,29,30)(H,31,32)(H,33,34)(H,35,36)/t19-,20-,21+,22-,23-,24-/m0/s1. The Kier molecular flexibility index (Phi) is 18.1. The van der Waals surface area contributed by atoms with Gasteiger partial charge in [0.25, 0.3) is 0 Å². The summed E-state index contributed by atoms with van der Waals surface area (Å²) in [6, 6.07) is 0. The third-order valence-corrected chi connectivity index (χ3v) is 9.96. The minimum Gasteiger partial charge on any atom is -0.481 e. The van der Waals surface area contributed by atoms with Crippen molar-refractivity contribution in [1.29, 1.82) is 0 Å². The SMILES string of the molecule is CCCCO[C@@H]1[C@@H](OCCCC)[C@H](OP(=O)(O)CC(=O)O)[C@@H](OP(=O)(O)CC(=O)O)[C@@H](OP(=O)(O)CC(=O)O)[C@H]1OCCCC. The zero-order valence-electron chi connectivity index (χ0n) is 25.4. The molecule has 6 N–H and O–H groups in total. The summed E-state index contributed by atoms with van der Waals surface area (Å²) >= 11 is 0. The molecular formula is C24H45O18P3. The second-order valence-electron chi connectivity index (χ2n) is 10.3. The first-order chi connectivity index (χ1) is 20.9. The van der Waals surface area contributed by atoms with Crippen LogP contribution in [0, 0.1) is 0 Å². The highest BCUT2D eigenvalue weighted by Gasteiger charge is 2.59. The average molecular weight is 715 g/mol. The van der Waals surface area contributed by atoms with E-state index in [-0.39, 0.29) is 19.8 Å². The van der Waals surface area contributed by atoms with Gasteiger partial charge in [-0.25, -0.2) is 0 Å². The summed E-state index contributed by atoms with van der Waals surface area (Å²) in [4.78, 5) is 65.5. The molecule has 264 valence electrons. The number of carbonyl (C=O) groups is 3. The highest BCUT2D eigenvalue weighted by atomic mass is 31.2. The molecule has 0 radical (unpaired) electrons. The Morgan fingerprint density at radius 3 is 0.933 bits per heavy atom. The van der Waals surface area contributed by atoms with Crippen molar-refractivity contribution in [2.45, 2.75) is 95.9 Å². The van der Waals surface area contributed by atoms with E-state index in [1.807, 2.05) is 20.8 Å². The van der Waals surface area contributed by atoms with Crippen molar-refractivity contribution in [3.05, 3.63) is 0 Å². The molecule has 0 bridgehead atoms. The monoisotopic (exact) mass is 714 g/mol. The number of aliphatic carboxylic acids is 3. The van der Waals surface area contributed by atoms with E-state index in [9.17, 15) is 58.1 Å². The van der Waals surface area contributed by atoms with Crippen molar-refractivity contribution in [1.82, 2.24) is 0 Å². The number of carboxylic acid groups (broad SMARTS) is 3. The van der Waals surface area contributed by atoms with Crippen LogP contribution in [0.2, 0.25) is 0 Å².